The largest absolute Gasteiger partial charge is 0.485 e. The number of para-hydroxylation sites is 2. The van der Waals surface area contributed by atoms with Gasteiger partial charge in [-0.05, 0) is 19.1 Å². The van der Waals surface area contributed by atoms with Crippen LogP contribution in [0.3, 0.4) is 0 Å². The van der Waals surface area contributed by atoms with Crippen molar-refractivity contribution in [1.29, 1.82) is 0 Å². The lowest BCUT2D eigenvalue weighted by atomic mass is 10.2. The van der Waals surface area contributed by atoms with Gasteiger partial charge in [0.1, 0.15) is 6.61 Å². The predicted molar refractivity (Wildman–Crippen MR) is 62.2 cm³/mol. The number of aromatic nitrogens is 1. The van der Waals surface area contributed by atoms with E-state index in [4.69, 9.17) is 9.47 Å². The third-order valence-electron chi connectivity index (χ3n) is 2.48. The number of nitrogens with zero attached hydrogens (tertiary/aromatic N) is 1. The molecule has 0 fully saturated rings. The monoisotopic (exact) mass is 233 g/mol. The molecule has 0 radical (unpaired) electrons. The van der Waals surface area contributed by atoms with Crippen molar-refractivity contribution < 1.29 is 9.47 Å². The molecular formula is C12H11NO2S. The van der Waals surface area contributed by atoms with E-state index in [9.17, 15) is 0 Å². The van der Waals surface area contributed by atoms with E-state index in [1.807, 2.05) is 36.6 Å². The number of thiazole rings is 1. The van der Waals surface area contributed by atoms with E-state index in [1.54, 1.807) is 11.3 Å². The molecule has 1 aromatic heterocycles. The minimum Gasteiger partial charge on any atom is -0.485 e. The molecule has 0 saturated heterocycles. The van der Waals surface area contributed by atoms with Gasteiger partial charge in [0.05, 0.1) is 10.7 Å². The summed E-state index contributed by atoms with van der Waals surface area (Å²) < 4.78 is 11.5. The third-order valence-corrected chi connectivity index (χ3v) is 3.27. The van der Waals surface area contributed by atoms with Crippen LogP contribution in [0.1, 0.15) is 16.8 Å². The second-order valence-corrected chi connectivity index (χ2v) is 4.72. The summed E-state index contributed by atoms with van der Waals surface area (Å²) in [7, 11) is 0. The summed E-state index contributed by atoms with van der Waals surface area (Å²) in [5.74, 6) is 1.61. The zero-order chi connectivity index (χ0) is 11.0. The fraction of sp³-hybridized carbons (Fsp3) is 0.250. The summed E-state index contributed by atoms with van der Waals surface area (Å²) >= 11 is 1.63. The standard InChI is InChI=1S/C12H11NO2S/c1-8-13-9(7-16-8)12-6-14-10-4-2-3-5-11(10)15-12/h2-5,7,12H,6H2,1H3. The third kappa shape index (κ3) is 1.65. The van der Waals surface area contributed by atoms with Crippen LogP contribution in [-0.2, 0) is 0 Å². The fourth-order valence-corrected chi connectivity index (χ4v) is 2.35. The number of hydrogen-bond acceptors (Lipinski definition) is 4. The Morgan fingerprint density at radius 1 is 1.31 bits per heavy atom. The van der Waals surface area contributed by atoms with Crippen molar-refractivity contribution in [2.75, 3.05) is 6.61 Å². The van der Waals surface area contributed by atoms with E-state index >= 15 is 0 Å². The predicted octanol–water partition coefficient (Wildman–Crippen LogP) is 2.96. The molecule has 0 amide bonds. The first-order valence-electron chi connectivity index (χ1n) is 5.13. The molecule has 0 aliphatic carbocycles. The van der Waals surface area contributed by atoms with Crippen LogP contribution >= 0.6 is 11.3 Å². The summed E-state index contributed by atoms with van der Waals surface area (Å²) in [5, 5.41) is 3.08. The van der Waals surface area contributed by atoms with E-state index in [2.05, 4.69) is 4.98 Å². The molecule has 0 N–H and O–H groups in total. The van der Waals surface area contributed by atoms with Crippen molar-refractivity contribution in [1.82, 2.24) is 4.98 Å². The smallest absolute Gasteiger partial charge is 0.175 e. The van der Waals surface area contributed by atoms with Gasteiger partial charge in [0, 0.05) is 5.38 Å². The Bertz CT molecular complexity index is 509. The molecule has 2 aromatic rings. The lowest BCUT2D eigenvalue weighted by molar-refractivity contribution is 0.0887. The van der Waals surface area contributed by atoms with Gasteiger partial charge in [0.2, 0.25) is 0 Å². The summed E-state index contributed by atoms with van der Waals surface area (Å²) in [4.78, 5) is 4.42. The van der Waals surface area contributed by atoms with E-state index in [0.717, 1.165) is 22.2 Å². The Morgan fingerprint density at radius 2 is 2.12 bits per heavy atom. The maximum absolute atomic E-state index is 5.85. The number of fused-ring (bicyclic) bond motifs is 1. The molecule has 1 aliphatic rings. The van der Waals surface area contributed by atoms with Gasteiger partial charge in [-0.15, -0.1) is 11.3 Å². The Morgan fingerprint density at radius 3 is 2.88 bits per heavy atom. The minimum absolute atomic E-state index is 0.0835. The van der Waals surface area contributed by atoms with Crippen molar-refractivity contribution in [2.24, 2.45) is 0 Å². The molecule has 0 saturated carbocycles. The van der Waals surface area contributed by atoms with Crippen LogP contribution in [0.5, 0.6) is 11.5 Å². The number of benzene rings is 1. The Hall–Kier alpha value is -1.55. The molecule has 82 valence electrons. The molecule has 1 unspecified atom stereocenters. The van der Waals surface area contributed by atoms with Crippen LogP contribution in [-0.4, -0.2) is 11.6 Å². The Labute approximate surface area is 97.7 Å². The van der Waals surface area contributed by atoms with Crippen molar-refractivity contribution in [2.45, 2.75) is 13.0 Å². The molecule has 1 atom stereocenters. The summed E-state index contributed by atoms with van der Waals surface area (Å²) in [5.41, 5.74) is 0.956. The molecule has 3 rings (SSSR count). The first-order chi connectivity index (χ1) is 7.83. The molecule has 2 heterocycles. The number of rotatable bonds is 1. The van der Waals surface area contributed by atoms with E-state index in [0.29, 0.717) is 6.61 Å². The SMILES string of the molecule is Cc1nc(C2COc3ccccc3O2)cs1. The van der Waals surface area contributed by atoms with Gasteiger partial charge < -0.3 is 9.47 Å². The highest BCUT2D eigenvalue weighted by molar-refractivity contribution is 7.09. The average molecular weight is 233 g/mol. The summed E-state index contributed by atoms with van der Waals surface area (Å²) in [6.07, 6.45) is -0.0835. The van der Waals surface area contributed by atoms with E-state index in [1.165, 1.54) is 0 Å². The van der Waals surface area contributed by atoms with Gasteiger partial charge in [0.15, 0.2) is 17.6 Å². The normalized spacial score (nSPS) is 18.4. The summed E-state index contributed by atoms with van der Waals surface area (Å²) in [6, 6.07) is 7.71. The highest BCUT2D eigenvalue weighted by atomic mass is 32.1. The lowest BCUT2D eigenvalue weighted by Gasteiger charge is -2.25. The van der Waals surface area contributed by atoms with Crippen LogP contribution in [0, 0.1) is 6.92 Å². The topological polar surface area (TPSA) is 31.4 Å². The quantitative estimate of drug-likeness (QED) is 0.758. The maximum Gasteiger partial charge on any atom is 0.175 e. The van der Waals surface area contributed by atoms with Crippen LogP contribution in [0.2, 0.25) is 0 Å². The molecule has 4 heteroatoms. The Balaban J connectivity index is 1.88. The second kappa shape index (κ2) is 3.79. The van der Waals surface area contributed by atoms with E-state index < -0.39 is 0 Å². The van der Waals surface area contributed by atoms with Gasteiger partial charge in [0.25, 0.3) is 0 Å². The number of ether oxygens (including phenoxy) is 2. The second-order valence-electron chi connectivity index (χ2n) is 3.66. The number of hydrogen-bond donors (Lipinski definition) is 0. The van der Waals surface area contributed by atoms with Gasteiger partial charge in [-0.1, -0.05) is 12.1 Å². The highest BCUT2D eigenvalue weighted by Gasteiger charge is 2.23. The maximum atomic E-state index is 5.85. The van der Waals surface area contributed by atoms with Crippen molar-refractivity contribution in [3.05, 3.63) is 40.3 Å². The first-order valence-corrected chi connectivity index (χ1v) is 6.01. The van der Waals surface area contributed by atoms with Crippen molar-refractivity contribution >= 4 is 11.3 Å². The Kier molecular flexibility index (Phi) is 2.29. The zero-order valence-corrected chi connectivity index (χ0v) is 9.66. The van der Waals surface area contributed by atoms with Gasteiger partial charge in [-0.25, -0.2) is 4.98 Å². The van der Waals surface area contributed by atoms with Crippen molar-refractivity contribution in [3.63, 3.8) is 0 Å². The molecular weight excluding hydrogens is 222 g/mol. The average Bonchev–Trinajstić information content (AvgIpc) is 2.75. The lowest BCUT2D eigenvalue weighted by Crippen LogP contribution is -2.21. The van der Waals surface area contributed by atoms with E-state index in [-0.39, 0.29) is 6.10 Å². The van der Waals surface area contributed by atoms with Crippen LogP contribution < -0.4 is 9.47 Å². The fourth-order valence-electron chi connectivity index (χ4n) is 1.69. The minimum atomic E-state index is -0.0835. The van der Waals surface area contributed by atoms with Crippen LogP contribution in [0.15, 0.2) is 29.6 Å². The van der Waals surface area contributed by atoms with Crippen LogP contribution in [0.4, 0.5) is 0 Å². The van der Waals surface area contributed by atoms with Gasteiger partial charge in [-0.3, -0.25) is 0 Å². The van der Waals surface area contributed by atoms with Crippen molar-refractivity contribution in [3.8, 4) is 11.5 Å². The molecule has 1 aliphatic heterocycles. The zero-order valence-electron chi connectivity index (χ0n) is 8.84. The number of aryl methyl sites for hydroxylation is 1. The molecule has 16 heavy (non-hydrogen) atoms. The van der Waals surface area contributed by atoms with Gasteiger partial charge in [-0.2, -0.15) is 0 Å². The first kappa shape index (κ1) is 9.66. The molecule has 3 nitrogen and oxygen atoms in total. The molecule has 0 bridgehead atoms. The van der Waals surface area contributed by atoms with Gasteiger partial charge >= 0.3 is 0 Å². The summed E-state index contributed by atoms with van der Waals surface area (Å²) in [6.45, 7) is 2.52. The highest BCUT2D eigenvalue weighted by Crippen LogP contribution is 2.35. The van der Waals surface area contributed by atoms with Crippen LogP contribution in [0.25, 0.3) is 0 Å². The molecule has 0 spiro atoms. The molecule has 1 aromatic carbocycles.